The fourth-order valence-corrected chi connectivity index (χ4v) is 7.70. The van der Waals surface area contributed by atoms with Crippen LogP contribution in [0.15, 0.2) is 108 Å². The molecule has 0 fully saturated rings. The lowest BCUT2D eigenvalue weighted by Gasteiger charge is -2.11. The summed E-state index contributed by atoms with van der Waals surface area (Å²) >= 11 is 0. The Morgan fingerprint density at radius 3 is 1.33 bits per heavy atom. The fraction of sp³-hybridized carbons (Fsp3) is 0.0435. The van der Waals surface area contributed by atoms with E-state index in [9.17, 15) is 43.0 Å². The smallest absolute Gasteiger partial charge is 0.247 e. The molecule has 268 valence electrons. The minimum Gasteiger partial charge on any atom is -0.247 e. The summed E-state index contributed by atoms with van der Waals surface area (Å²) in [6.45, 7) is 1.67. The van der Waals surface area contributed by atoms with Crippen LogP contribution in [0.5, 0.6) is 0 Å². The molecule has 2 aliphatic rings. The number of nitrogens with zero attached hydrogens (tertiary/aromatic N) is 6. The van der Waals surface area contributed by atoms with Crippen molar-refractivity contribution in [1.29, 1.82) is 21.0 Å². The van der Waals surface area contributed by atoms with Crippen molar-refractivity contribution in [3.05, 3.63) is 153 Å². The third-order valence-electron chi connectivity index (χ3n) is 10.4. The van der Waals surface area contributed by atoms with Gasteiger partial charge < -0.3 is 0 Å². The topological polar surface area (TPSA) is 121 Å². The number of aromatic nitrogens is 2. The van der Waals surface area contributed by atoms with Crippen molar-refractivity contribution in [3.63, 3.8) is 0 Å². The minimum atomic E-state index is -4.87. The molecule has 0 unspecified atom stereocenters. The van der Waals surface area contributed by atoms with Gasteiger partial charge in [-0.15, -0.1) is 0 Å². The Morgan fingerprint density at radius 1 is 0.491 bits per heavy atom. The van der Waals surface area contributed by atoms with E-state index in [1.54, 1.807) is 37.3 Å². The van der Waals surface area contributed by atoms with Crippen molar-refractivity contribution in [2.24, 2.45) is 0 Å². The minimum absolute atomic E-state index is 0.130. The molecule has 0 radical (unpaired) electrons. The van der Waals surface area contributed by atoms with Crippen LogP contribution in [-0.4, -0.2) is 9.97 Å². The molecule has 0 N–H and O–H groups in total. The number of pyridine rings is 2. The molecule has 0 aliphatic heterocycles. The average molecular weight is 751 g/mol. The van der Waals surface area contributed by atoms with Gasteiger partial charge in [0.05, 0.1) is 28.0 Å². The number of fused-ring (bicyclic) bond motifs is 8. The van der Waals surface area contributed by atoms with Crippen molar-refractivity contribution >= 4 is 33.0 Å². The number of rotatable bonds is 2. The Bertz CT molecular complexity index is 3220. The Kier molecular flexibility index (Phi) is 7.64. The Balaban J connectivity index is 1.21. The molecule has 2 heterocycles. The van der Waals surface area contributed by atoms with Gasteiger partial charge in [0, 0.05) is 33.0 Å². The first-order valence-electron chi connectivity index (χ1n) is 17.2. The molecule has 0 saturated heterocycles. The van der Waals surface area contributed by atoms with Gasteiger partial charge >= 0.3 is 6.18 Å². The number of allylic oxidation sites excluding steroid dienone is 2. The van der Waals surface area contributed by atoms with Crippen molar-refractivity contribution < 1.29 is 22.0 Å². The van der Waals surface area contributed by atoms with Crippen molar-refractivity contribution in [3.8, 4) is 68.8 Å². The first-order chi connectivity index (χ1) is 27.4. The highest BCUT2D eigenvalue weighted by Crippen LogP contribution is 2.50. The summed E-state index contributed by atoms with van der Waals surface area (Å²) in [6.07, 6.45) is -4.87. The summed E-state index contributed by atoms with van der Waals surface area (Å²) < 4.78 is 69.0. The van der Waals surface area contributed by atoms with Crippen LogP contribution in [0.4, 0.5) is 22.0 Å². The maximum atomic E-state index is 14.6. The Labute approximate surface area is 320 Å². The van der Waals surface area contributed by atoms with Gasteiger partial charge in [-0.1, -0.05) is 42.5 Å². The van der Waals surface area contributed by atoms with E-state index in [1.165, 1.54) is 6.07 Å². The number of hydrogen-bond donors (Lipinski definition) is 0. The van der Waals surface area contributed by atoms with Gasteiger partial charge in [0.1, 0.15) is 47.1 Å². The Hall–Kier alpha value is -7.99. The number of halogens is 5. The first-order valence-corrected chi connectivity index (χ1v) is 17.2. The summed E-state index contributed by atoms with van der Waals surface area (Å²) in [7, 11) is 0. The van der Waals surface area contributed by atoms with E-state index < -0.39 is 17.6 Å². The van der Waals surface area contributed by atoms with E-state index in [1.807, 2.05) is 66.7 Å². The maximum absolute atomic E-state index is 14.6. The summed E-state index contributed by atoms with van der Waals surface area (Å²) in [6, 6.07) is 33.3. The van der Waals surface area contributed by atoms with Gasteiger partial charge in [-0.25, -0.2) is 18.7 Å². The van der Waals surface area contributed by atoms with E-state index in [0.717, 1.165) is 17.7 Å². The second kappa shape index (κ2) is 12.5. The predicted molar refractivity (Wildman–Crippen MR) is 203 cm³/mol. The highest BCUT2D eigenvalue weighted by Gasteiger charge is 2.35. The molecule has 0 saturated carbocycles. The molecule has 57 heavy (non-hydrogen) atoms. The second-order valence-electron chi connectivity index (χ2n) is 13.6. The summed E-state index contributed by atoms with van der Waals surface area (Å²) in [4.78, 5) is 9.92. The lowest BCUT2D eigenvalue weighted by molar-refractivity contribution is -0.139. The fourth-order valence-electron chi connectivity index (χ4n) is 7.70. The maximum Gasteiger partial charge on any atom is 0.419 e. The van der Waals surface area contributed by atoms with E-state index in [-0.39, 0.29) is 28.1 Å². The van der Waals surface area contributed by atoms with Crippen LogP contribution in [0.3, 0.4) is 0 Å². The molecule has 0 amide bonds. The van der Waals surface area contributed by atoms with Crippen LogP contribution >= 0.6 is 0 Å². The average Bonchev–Trinajstić information content (AvgIpc) is 3.67. The quantitative estimate of drug-likeness (QED) is 0.0985. The van der Waals surface area contributed by atoms with E-state index in [0.29, 0.717) is 94.9 Å². The van der Waals surface area contributed by atoms with Crippen LogP contribution in [0.1, 0.15) is 33.6 Å². The van der Waals surface area contributed by atoms with Gasteiger partial charge in [0.2, 0.25) is 0 Å². The van der Waals surface area contributed by atoms with Gasteiger partial charge in [0.15, 0.2) is 0 Å². The molecule has 2 aromatic heterocycles. The lowest BCUT2D eigenvalue weighted by Crippen LogP contribution is -2.07. The summed E-state index contributed by atoms with van der Waals surface area (Å²) in [5, 5.41) is 41.4. The van der Waals surface area contributed by atoms with Gasteiger partial charge in [0.25, 0.3) is 0 Å². The molecule has 9 rings (SSSR count). The number of alkyl halides is 3. The van der Waals surface area contributed by atoms with Crippen molar-refractivity contribution in [1.82, 2.24) is 9.97 Å². The monoisotopic (exact) mass is 750 g/mol. The normalized spacial score (nSPS) is 12.2. The second-order valence-corrected chi connectivity index (χ2v) is 13.6. The molecule has 7 aromatic rings. The lowest BCUT2D eigenvalue weighted by atomic mass is 9.95. The first kappa shape index (κ1) is 34.8. The zero-order chi connectivity index (χ0) is 39.9. The summed E-state index contributed by atoms with van der Waals surface area (Å²) in [5.41, 5.74) is 6.68. The van der Waals surface area contributed by atoms with Gasteiger partial charge in [-0.2, -0.15) is 34.2 Å². The third-order valence-corrected chi connectivity index (χ3v) is 10.4. The van der Waals surface area contributed by atoms with Gasteiger partial charge in [-0.3, -0.25) is 0 Å². The van der Waals surface area contributed by atoms with Crippen LogP contribution < -0.4 is 0 Å². The number of nitriles is 4. The van der Waals surface area contributed by atoms with E-state index in [4.69, 9.17) is 9.97 Å². The molecular formula is C46H19F5N6. The zero-order valence-corrected chi connectivity index (χ0v) is 29.3. The number of benzene rings is 5. The molecular weight excluding hydrogens is 732 g/mol. The van der Waals surface area contributed by atoms with Crippen molar-refractivity contribution in [2.45, 2.75) is 13.1 Å². The molecule has 6 nitrogen and oxygen atoms in total. The molecule has 0 atom stereocenters. The van der Waals surface area contributed by atoms with Crippen LogP contribution in [-0.2, 0) is 6.18 Å². The third kappa shape index (κ3) is 5.34. The zero-order valence-electron chi connectivity index (χ0n) is 29.3. The molecule has 11 heteroatoms. The molecule has 2 aliphatic carbocycles. The van der Waals surface area contributed by atoms with Crippen LogP contribution in [0, 0.1) is 63.9 Å². The largest absolute Gasteiger partial charge is 0.419 e. The summed E-state index contributed by atoms with van der Waals surface area (Å²) in [5.74, 6) is -1.79. The number of aryl methyl sites for hydroxylation is 1. The van der Waals surface area contributed by atoms with E-state index >= 15 is 0 Å². The molecule has 5 aromatic carbocycles. The predicted octanol–water partition coefficient (Wildman–Crippen LogP) is 11.4. The highest BCUT2D eigenvalue weighted by atomic mass is 19.4. The standard InChI is InChI=1S/C46H19F5N6/c1-22-2-3-25(14-38(22)47)23-4-7-31-33(10-23)42(29(18-52)19-53)44-35(31)12-27-16-41-28(17-40(27)56-44)13-36-32-8-5-24(26-6-9-37(39(48)15-26)46(49,50)51)11-34(32)43(45(36)57-41)30(20-54)21-55/h2-17H,1H3. The van der Waals surface area contributed by atoms with Gasteiger partial charge in [-0.05, 0) is 112 Å². The SMILES string of the molecule is Cc1ccc(-c2ccc3c(c2)C(=C(C#N)C#N)c2nc4cc5cc6c(nc5cc4cc2-3)C(=C(C#N)C#N)c2cc(-c3ccc(C(F)(F)F)c(F)c3)ccc2-6)cc1F. The van der Waals surface area contributed by atoms with Crippen molar-refractivity contribution in [2.75, 3.05) is 0 Å². The molecule has 0 bridgehead atoms. The van der Waals surface area contributed by atoms with Crippen LogP contribution in [0.25, 0.3) is 77.5 Å². The Morgan fingerprint density at radius 2 is 0.912 bits per heavy atom. The molecule has 0 spiro atoms. The van der Waals surface area contributed by atoms with Crippen LogP contribution in [0.2, 0.25) is 0 Å². The van der Waals surface area contributed by atoms with E-state index in [2.05, 4.69) is 0 Å². The number of hydrogen-bond acceptors (Lipinski definition) is 6. The highest BCUT2D eigenvalue weighted by molar-refractivity contribution is 6.10.